The van der Waals surface area contributed by atoms with Crippen LogP contribution in [0.1, 0.15) is 58.8 Å². The molecule has 1 heterocycles. The van der Waals surface area contributed by atoms with Crippen molar-refractivity contribution in [1.82, 2.24) is 10.6 Å². The molecule has 0 amide bonds. The van der Waals surface area contributed by atoms with Gasteiger partial charge in [0.25, 0.3) is 0 Å². The average Bonchev–Trinajstić information content (AvgIpc) is 3.08. The SMILES string of the molecule is CCNC(=NCCOCC1CCCO1)NC1CCCC(CC)C1. The quantitative estimate of drug-likeness (QED) is 0.409. The van der Waals surface area contributed by atoms with Crippen LogP contribution >= 0.6 is 0 Å². The van der Waals surface area contributed by atoms with Gasteiger partial charge in [-0.3, -0.25) is 4.99 Å². The van der Waals surface area contributed by atoms with Gasteiger partial charge < -0.3 is 20.1 Å². The van der Waals surface area contributed by atoms with Crippen LogP contribution in [0.15, 0.2) is 4.99 Å². The molecular formula is C18H35N3O2. The highest BCUT2D eigenvalue weighted by Crippen LogP contribution is 2.26. The molecule has 134 valence electrons. The smallest absolute Gasteiger partial charge is 0.191 e. The number of ether oxygens (including phenoxy) is 2. The molecule has 23 heavy (non-hydrogen) atoms. The molecule has 0 radical (unpaired) electrons. The predicted molar refractivity (Wildman–Crippen MR) is 94.9 cm³/mol. The first kappa shape index (κ1) is 18.5. The molecule has 0 spiro atoms. The number of hydrogen-bond donors (Lipinski definition) is 2. The summed E-state index contributed by atoms with van der Waals surface area (Å²) in [6.07, 6.45) is 9.16. The lowest BCUT2D eigenvalue weighted by molar-refractivity contribution is 0.0200. The average molecular weight is 325 g/mol. The van der Waals surface area contributed by atoms with Gasteiger partial charge in [0.05, 0.1) is 25.9 Å². The zero-order valence-electron chi connectivity index (χ0n) is 15.0. The van der Waals surface area contributed by atoms with E-state index >= 15 is 0 Å². The van der Waals surface area contributed by atoms with E-state index < -0.39 is 0 Å². The molecule has 2 rings (SSSR count). The molecule has 0 aromatic carbocycles. The largest absolute Gasteiger partial charge is 0.377 e. The highest BCUT2D eigenvalue weighted by Gasteiger charge is 2.21. The maximum Gasteiger partial charge on any atom is 0.191 e. The summed E-state index contributed by atoms with van der Waals surface area (Å²) < 4.78 is 11.2. The Labute approximate surface area is 141 Å². The molecule has 3 unspecified atom stereocenters. The summed E-state index contributed by atoms with van der Waals surface area (Å²) >= 11 is 0. The van der Waals surface area contributed by atoms with Crippen LogP contribution in [0.4, 0.5) is 0 Å². The van der Waals surface area contributed by atoms with Crippen LogP contribution in [0.25, 0.3) is 0 Å². The second-order valence-corrected chi connectivity index (χ2v) is 6.75. The Balaban J connectivity index is 1.66. The van der Waals surface area contributed by atoms with Gasteiger partial charge in [0.15, 0.2) is 5.96 Å². The van der Waals surface area contributed by atoms with E-state index in [0.29, 0.717) is 31.9 Å². The Morgan fingerprint density at radius 3 is 2.87 bits per heavy atom. The van der Waals surface area contributed by atoms with Crippen molar-refractivity contribution < 1.29 is 9.47 Å². The number of rotatable bonds is 8. The number of hydrogen-bond acceptors (Lipinski definition) is 3. The summed E-state index contributed by atoms with van der Waals surface area (Å²) in [5.74, 6) is 1.81. The van der Waals surface area contributed by atoms with Crippen molar-refractivity contribution in [2.75, 3.05) is 32.9 Å². The molecule has 2 N–H and O–H groups in total. The lowest BCUT2D eigenvalue weighted by Gasteiger charge is -2.30. The minimum atomic E-state index is 0.304. The summed E-state index contributed by atoms with van der Waals surface area (Å²) in [6.45, 7) is 8.27. The number of nitrogens with one attached hydrogen (secondary N) is 2. The molecule has 3 atom stereocenters. The first-order valence-electron chi connectivity index (χ1n) is 9.56. The van der Waals surface area contributed by atoms with Crippen LogP contribution in [0.3, 0.4) is 0 Å². The summed E-state index contributed by atoms with van der Waals surface area (Å²) in [7, 11) is 0. The molecule has 1 aliphatic heterocycles. The summed E-state index contributed by atoms with van der Waals surface area (Å²) in [6, 6.07) is 0.569. The lowest BCUT2D eigenvalue weighted by Crippen LogP contribution is -2.45. The van der Waals surface area contributed by atoms with Gasteiger partial charge in [-0.15, -0.1) is 0 Å². The first-order chi connectivity index (χ1) is 11.3. The molecule has 5 heteroatoms. The van der Waals surface area contributed by atoms with Gasteiger partial charge in [0.2, 0.25) is 0 Å². The first-order valence-corrected chi connectivity index (χ1v) is 9.56. The van der Waals surface area contributed by atoms with Crippen molar-refractivity contribution in [3.63, 3.8) is 0 Å². The van der Waals surface area contributed by atoms with E-state index in [1.807, 2.05) is 0 Å². The van der Waals surface area contributed by atoms with Gasteiger partial charge in [-0.1, -0.05) is 26.2 Å². The van der Waals surface area contributed by atoms with Crippen LogP contribution < -0.4 is 10.6 Å². The third-order valence-electron chi connectivity index (χ3n) is 4.88. The van der Waals surface area contributed by atoms with Gasteiger partial charge in [0.1, 0.15) is 0 Å². The van der Waals surface area contributed by atoms with E-state index in [2.05, 4.69) is 29.5 Å². The number of aliphatic imine (C=N–C) groups is 1. The highest BCUT2D eigenvalue weighted by atomic mass is 16.5. The second-order valence-electron chi connectivity index (χ2n) is 6.75. The molecule has 0 bridgehead atoms. The third-order valence-corrected chi connectivity index (χ3v) is 4.88. The van der Waals surface area contributed by atoms with Gasteiger partial charge >= 0.3 is 0 Å². The van der Waals surface area contributed by atoms with E-state index in [-0.39, 0.29) is 0 Å². The van der Waals surface area contributed by atoms with E-state index in [1.54, 1.807) is 0 Å². The van der Waals surface area contributed by atoms with Gasteiger partial charge in [-0.25, -0.2) is 0 Å². The van der Waals surface area contributed by atoms with Gasteiger partial charge in [-0.2, -0.15) is 0 Å². The zero-order valence-corrected chi connectivity index (χ0v) is 15.0. The molecule has 0 aromatic heterocycles. The predicted octanol–water partition coefficient (Wildman–Crippen LogP) is 2.71. The Bertz CT molecular complexity index is 343. The van der Waals surface area contributed by atoms with Crippen LogP contribution in [-0.4, -0.2) is 51.0 Å². The minimum Gasteiger partial charge on any atom is -0.377 e. The molecule has 5 nitrogen and oxygen atoms in total. The Hall–Kier alpha value is -0.810. The molecule has 0 aromatic rings. The van der Waals surface area contributed by atoms with Crippen molar-refractivity contribution in [2.24, 2.45) is 10.9 Å². The minimum absolute atomic E-state index is 0.304. The monoisotopic (exact) mass is 325 g/mol. The van der Waals surface area contributed by atoms with Gasteiger partial charge in [-0.05, 0) is 38.5 Å². The number of guanidine groups is 1. The normalized spacial score (nSPS) is 28.8. The summed E-state index contributed by atoms with van der Waals surface area (Å²) in [5.41, 5.74) is 0. The van der Waals surface area contributed by atoms with Crippen molar-refractivity contribution in [3.05, 3.63) is 0 Å². The number of nitrogens with zero attached hydrogens (tertiary/aromatic N) is 1. The van der Waals surface area contributed by atoms with E-state index in [9.17, 15) is 0 Å². The van der Waals surface area contributed by atoms with E-state index in [4.69, 9.17) is 9.47 Å². The second kappa shape index (κ2) is 10.9. The molecule has 1 saturated carbocycles. The maximum atomic E-state index is 5.68. The Morgan fingerprint density at radius 2 is 2.13 bits per heavy atom. The fourth-order valence-corrected chi connectivity index (χ4v) is 3.52. The van der Waals surface area contributed by atoms with Crippen LogP contribution in [0.2, 0.25) is 0 Å². The fraction of sp³-hybridized carbons (Fsp3) is 0.944. The third kappa shape index (κ3) is 7.08. The van der Waals surface area contributed by atoms with Crippen LogP contribution in [0, 0.1) is 5.92 Å². The van der Waals surface area contributed by atoms with E-state index in [0.717, 1.165) is 31.4 Å². The Morgan fingerprint density at radius 1 is 1.22 bits per heavy atom. The fourth-order valence-electron chi connectivity index (χ4n) is 3.52. The molecule has 2 fully saturated rings. The van der Waals surface area contributed by atoms with Crippen molar-refractivity contribution in [1.29, 1.82) is 0 Å². The van der Waals surface area contributed by atoms with E-state index in [1.165, 1.54) is 38.5 Å². The summed E-state index contributed by atoms with van der Waals surface area (Å²) in [5, 5.41) is 6.97. The standard InChI is InChI=1S/C18H35N3O2/c1-3-15-7-5-8-16(13-15)21-18(19-4-2)20-10-12-22-14-17-9-6-11-23-17/h15-17H,3-14H2,1-2H3,(H2,19,20,21). The van der Waals surface area contributed by atoms with Crippen molar-refractivity contribution in [2.45, 2.75) is 70.9 Å². The van der Waals surface area contributed by atoms with Crippen LogP contribution in [-0.2, 0) is 9.47 Å². The molecular weight excluding hydrogens is 290 g/mol. The maximum absolute atomic E-state index is 5.68. The van der Waals surface area contributed by atoms with Gasteiger partial charge in [0, 0.05) is 19.2 Å². The topological polar surface area (TPSA) is 54.9 Å². The van der Waals surface area contributed by atoms with Crippen LogP contribution in [0.5, 0.6) is 0 Å². The molecule has 1 saturated heterocycles. The summed E-state index contributed by atoms with van der Waals surface area (Å²) in [4.78, 5) is 4.65. The Kier molecular flexibility index (Phi) is 8.76. The highest BCUT2D eigenvalue weighted by molar-refractivity contribution is 5.80. The molecule has 1 aliphatic carbocycles. The van der Waals surface area contributed by atoms with Crippen molar-refractivity contribution in [3.8, 4) is 0 Å². The van der Waals surface area contributed by atoms with Crippen molar-refractivity contribution >= 4 is 5.96 Å². The molecule has 2 aliphatic rings. The zero-order chi connectivity index (χ0) is 16.3. The lowest BCUT2D eigenvalue weighted by atomic mass is 9.84.